The van der Waals surface area contributed by atoms with Crippen LogP contribution in [0, 0.1) is 0 Å². The summed E-state index contributed by atoms with van der Waals surface area (Å²) in [5.74, 6) is -0.166. The molecule has 7 nitrogen and oxygen atoms in total. The third-order valence-electron chi connectivity index (χ3n) is 5.28. The number of hydrogen-bond acceptors (Lipinski definition) is 5. The molecule has 9 heteroatoms. The van der Waals surface area contributed by atoms with E-state index in [0.717, 1.165) is 44.7 Å². The summed E-state index contributed by atoms with van der Waals surface area (Å²) in [6.45, 7) is 5.93. The van der Waals surface area contributed by atoms with Crippen LogP contribution in [0.25, 0.3) is 6.08 Å². The van der Waals surface area contributed by atoms with Gasteiger partial charge in [0, 0.05) is 38.8 Å². The van der Waals surface area contributed by atoms with Crippen LogP contribution in [0.2, 0.25) is 5.02 Å². The van der Waals surface area contributed by atoms with Crippen LogP contribution in [0.4, 0.5) is 5.69 Å². The van der Waals surface area contributed by atoms with Crippen molar-refractivity contribution in [3.05, 3.63) is 65.2 Å². The standard InChI is InChI=1S/C23H29ClN4O3S/c1-27-15-17-28(18-16-27)14-4-13-25-23(29)12-9-19-7-10-20(11-8-19)32(30,31)26-22-6-3-2-5-21(22)24/h2-3,5-12,26H,4,13-18H2,1H3,(H,25,29)/b12-9+. The fourth-order valence-electron chi connectivity index (χ4n) is 3.32. The van der Waals surface area contributed by atoms with Crippen LogP contribution in [-0.2, 0) is 14.8 Å². The smallest absolute Gasteiger partial charge is 0.261 e. The van der Waals surface area contributed by atoms with Crippen LogP contribution in [0.3, 0.4) is 0 Å². The van der Waals surface area contributed by atoms with E-state index in [1.807, 2.05) is 0 Å². The second kappa shape index (κ2) is 11.5. The number of carbonyl (C=O) groups is 1. The zero-order valence-corrected chi connectivity index (χ0v) is 19.7. The van der Waals surface area contributed by atoms with Gasteiger partial charge in [-0.15, -0.1) is 0 Å². The van der Waals surface area contributed by atoms with Crippen molar-refractivity contribution in [2.24, 2.45) is 0 Å². The lowest BCUT2D eigenvalue weighted by molar-refractivity contribution is -0.116. The number of sulfonamides is 1. The molecule has 1 saturated heterocycles. The van der Waals surface area contributed by atoms with Gasteiger partial charge >= 0.3 is 0 Å². The molecule has 0 unspecified atom stereocenters. The zero-order valence-electron chi connectivity index (χ0n) is 18.1. The lowest BCUT2D eigenvalue weighted by atomic mass is 10.2. The molecule has 0 spiro atoms. The molecule has 3 rings (SSSR count). The molecule has 0 bridgehead atoms. The summed E-state index contributed by atoms with van der Waals surface area (Å²) in [6.07, 6.45) is 4.03. The average Bonchev–Trinajstić information content (AvgIpc) is 2.78. The molecular weight excluding hydrogens is 448 g/mol. The minimum absolute atomic E-state index is 0.114. The van der Waals surface area contributed by atoms with E-state index in [1.54, 1.807) is 42.5 Å². The number of nitrogens with one attached hydrogen (secondary N) is 2. The zero-order chi connectivity index (χ0) is 23.0. The number of carbonyl (C=O) groups excluding carboxylic acids is 1. The van der Waals surface area contributed by atoms with Crippen molar-refractivity contribution in [1.29, 1.82) is 0 Å². The van der Waals surface area contributed by atoms with E-state index in [0.29, 0.717) is 17.3 Å². The van der Waals surface area contributed by atoms with Gasteiger partial charge in [-0.3, -0.25) is 9.52 Å². The molecule has 172 valence electrons. The maximum atomic E-state index is 12.6. The van der Waals surface area contributed by atoms with Gasteiger partial charge in [0.15, 0.2) is 0 Å². The molecule has 1 heterocycles. The number of nitrogens with zero attached hydrogens (tertiary/aromatic N) is 2. The Morgan fingerprint density at radius 1 is 1.06 bits per heavy atom. The van der Waals surface area contributed by atoms with E-state index in [4.69, 9.17) is 11.6 Å². The maximum Gasteiger partial charge on any atom is 0.261 e. The fraction of sp³-hybridized carbons (Fsp3) is 0.348. The monoisotopic (exact) mass is 476 g/mol. The van der Waals surface area contributed by atoms with Gasteiger partial charge in [0.2, 0.25) is 5.91 Å². The lowest BCUT2D eigenvalue weighted by Gasteiger charge is -2.32. The second-order valence-corrected chi connectivity index (χ2v) is 9.87. The molecule has 2 aromatic rings. The molecule has 2 N–H and O–H groups in total. The third-order valence-corrected chi connectivity index (χ3v) is 6.99. The molecule has 1 aliphatic heterocycles. The minimum Gasteiger partial charge on any atom is -0.353 e. The van der Waals surface area contributed by atoms with Gasteiger partial charge in [-0.05, 0) is 55.9 Å². The van der Waals surface area contributed by atoms with E-state index in [9.17, 15) is 13.2 Å². The first kappa shape index (κ1) is 24.3. The Hall–Kier alpha value is -2.39. The highest BCUT2D eigenvalue weighted by Gasteiger charge is 2.15. The predicted octanol–water partition coefficient (Wildman–Crippen LogP) is 2.91. The Kier molecular flexibility index (Phi) is 8.69. The number of para-hydroxylation sites is 1. The molecular formula is C23H29ClN4O3S. The number of amides is 1. The number of anilines is 1. The number of likely N-dealkylation sites (N-methyl/N-ethyl adjacent to an activating group) is 1. The van der Waals surface area contributed by atoms with Crippen LogP contribution in [0.1, 0.15) is 12.0 Å². The number of halogens is 1. The summed E-state index contributed by atoms with van der Waals surface area (Å²) in [6, 6.07) is 12.9. The molecule has 0 saturated carbocycles. The van der Waals surface area contributed by atoms with Crippen LogP contribution in [-0.4, -0.2) is 70.4 Å². The molecule has 1 aliphatic rings. The topological polar surface area (TPSA) is 81.8 Å². The summed E-state index contributed by atoms with van der Waals surface area (Å²) < 4.78 is 27.6. The van der Waals surface area contributed by atoms with Crippen LogP contribution in [0.15, 0.2) is 59.5 Å². The Morgan fingerprint density at radius 2 is 1.75 bits per heavy atom. The maximum absolute atomic E-state index is 12.6. The second-order valence-electron chi connectivity index (χ2n) is 7.78. The highest BCUT2D eigenvalue weighted by molar-refractivity contribution is 7.92. The van der Waals surface area contributed by atoms with Gasteiger partial charge in [-0.2, -0.15) is 0 Å². The Morgan fingerprint density at radius 3 is 2.44 bits per heavy atom. The molecule has 0 atom stereocenters. The lowest BCUT2D eigenvalue weighted by Crippen LogP contribution is -2.45. The molecule has 0 aromatic heterocycles. The summed E-state index contributed by atoms with van der Waals surface area (Å²) in [7, 11) is -1.62. The number of hydrogen-bond donors (Lipinski definition) is 2. The molecule has 1 amide bonds. The Balaban J connectivity index is 1.45. The van der Waals surface area contributed by atoms with Gasteiger partial charge in [0.25, 0.3) is 10.0 Å². The van der Waals surface area contributed by atoms with Gasteiger partial charge in [0.05, 0.1) is 15.6 Å². The van der Waals surface area contributed by atoms with E-state index in [1.165, 1.54) is 18.2 Å². The molecule has 32 heavy (non-hydrogen) atoms. The molecule has 0 radical (unpaired) electrons. The first-order chi connectivity index (χ1) is 15.3. The first-order valence-electron chi connectivity index (χ1n) is 10.6. The number of piperazine rings is 1. The Bertz CT molecular complexity index is 1030. The number of benzene rings is 2. The quantitative estimate of drug-likeness (QED) is 0.429. The van der Waals surface area contributed by atoms with Crippen molar-refractivity contribution in [3.8, 4) is 0 Å². The van der Waals surface area contributed by atoms with Crippen LogP contribution in [0.5, 0.6) is 0 Å². The fourth-order valence-corrected chi connectivity index (χ4v) is 4.64. The van der Waals surface area contributed by atoms with E-state index >= 15 is 0 Å². The summed E-state index contributed by atoms with van der Waals surface area (Å²) in [4.78, 5) is 16.9. The highest BCUT2D eigenvalue weighted by Crippen LogP contribution is 2.24. The van der Waals surface area contributed by atoms with Crippen molar-refractivity contribution in [2.75, 3.05) is 51.0 Å². The summed E-state index contributed by atoms with van der Waals surface area (Å²) in [5.41, 5.74) is 1.05. The van der Waals surface area contributed by atoms with Crippen molar-refractivity contribution in [3.63, 3.8) is 0 Å². The summed E-state index contributed by atoms with van der Waals surface area (Å²) >= 11 is 6.03. The van der Waals surface area contributed by atoms with Gasteiger partial charge in [-0.25, -0.2) is 8.42 Å². The third kappa shape index (κ3) is 7.34. The molecule has 2 aromatic carbocycles. The van der Waals surface area contributed by atoms with Gasteiger partial charge in [0.1, 0.15) is 0 Å². The van der Waals surface area contributed by atoms with Crippen LogP contribution < -0.4 is 10.0 Å². The van der Waals surface area contributed by atoms with E-state index in [2.05, 4.69) is 26.9 Å². The number of rotatable bonds is 9. The molecule has 0 aliphatic carbocycles. The normalized spacial score (nSPS) is 15.7. The van der Waals surface area contributed by atoms with Crippen molar-refractivity contribution in [2.45, 2.75) is 11.3 Å². The van der Waals surface area contributed by atoms with Crippen molar-refractivity contribution in [1.82, 2.24) is 15.1 Å². The largest absolute Gasteiger partial charge is 0.353 e. The van der Waals surface area contributed by atoms with Crippen molar-refractivity contribution >= 4 is 39.3 Å². The van der Waals surface area contributed by atoms with E-state index < -0.39 is 10.0 Å². The van der Waals surface area contributed by atoms with Gasteiger partial charge in [-0.1, -0.05) is 35.9 Å². The predicted molar refractivity (Wildman–Crippen MR) is 129 cm³/mol. The average molecular weight is 477 g/mol. The van der Waals surface area contributed by atoms with Crippen LogP contribution >= 0.6 is 11.6 Å². The molecule has 1 fully saturated rings. The van der Waals surface area contributed by atoms with E-state index in [-0.39, 0.29) is 10.8 Å². The van der Waals surface area contributed by atoms with Crippen molar-refractivity contribution < 1.29 is 13.2 Å². The highest BCUT2D eigenvalue weighted by atomic mass is 35.5. The Labute approximate surface area is 195 Å². The van der Waals surface area contributed by atoms with Gasteiger partial charge < -0.3 is 15.1 Å². The minimum atomic E-state index is -3.76. The SMILES string of the molecule is CN1CCN(CCCNC(=O)/C=C/c2ccc(S(=O)(=O)Nc3ccccc3Cl)cc2)CC1. The summed E-state index contributed by atoms with van der Waals surface area (Å²) in [5, 5.41) is 3.21. The first-order valence-corrected chi connectivity index (χ1v) is 12.4.